The lowest BCUT2D eigenvalue weighted by atomic mass is 9.76. The van der Waals surface area contributed by atoms with Crippen LogP contribution in [0.1, 0.15) is 41.5 Å². The van der Waals surface area contributed by atoms with Crippen molar-refractivity contribution in [2.45, 2.75) is 41.5 Å². The number of hydrogen-bond acceptors (Lipinski definition) is 2. The van der Waals surface area contributed by atoms with E-state index in [1.165, 1.54) is 0 Å². The lowest BCUT2D eigenvalue weighted by Gasteiger charge is -2.25. The van der Waals surface area contributed by atoms with Crippen LogP contribution in [0.25, 0.3) is 0 Å². The normalized spacial score (nSPS) is 20.4. The summed E-state index contributed by atoms with van der Waals surface area (Å²) in [5, 5.41) is 0. The number of hydrogen-bond donors (Lipinski definition) is 0. The molecule has 0 saturated heterocycles. The van der Waals surface area contributed by atoms with E-state index in [0.717, 1.165) is 0 Å². The van der Waals surface area contributed by atoms with Crippen LogP contribution in [-0.4, -0.2) is 11.6 Å². The van der Waals surface area contributed by atoms with Crippen LogP contribution in [-0.2, 0) is 9.59 Å². The maximum atomic E-state index is 12.3. The molecule has 0 aromatic carbocycles. The average molecular weight is 234 g/mol. The van der Waals surface area contributed by atoms with Crippen LogP contribution in [0.4, 0.5) is 0 Å². The van der Waals surface area contributed by atoms with Crippen LogP contribution in [0.3, 0.4) is 0 Å². The first kappa shape index (κ1) is 13.9. The Bertz CT molecular complexity index is 398. The highest BCUT2D eigenvalue weighted by Gasteiger charge is 2.37. The van der Waals surface area contributed by atoms with Crippen molar-refractivity contribution in [3.05, 3.63) is 23.8 Å². The summed E-state index contributed by atoms with van der Waals surface area (Å²) in [4.78, 5) is 24.5. The van der Waals surface area contributed by atoms with Gasteiger partial charge in [-0.15, -0.1) is 0 Å². The number of allylic oxidation sites excluding steroid dienone is 4. The zero-order chi connectivity index (χ0) is 13.4. The quantitative estimate of drug-likeness (QED) is 0.734. The number of carbonyl (C=O) groups excluding carboxylic acids is 2. The first-order valence-electron chi connectivity index (χ1n) is 6.02. The van der Waals surface area contributed by atoms with Crippen molar-refractivity contribution in [1.82, 2.24) is 0 Å². The summed E-state index contributed by atoms with van der Waals surface area (Å²) in [5.41, 5.74) is -0.220. The summed E-state index contributed by atoms with van der Waals surface area (Å²) >= 11 is 0. The predicted molar refractivity (Wildman–Crippen MR) is 69.6 cm³/mol. The monoisotopic (exact) mass is 234 g/mol. The Hall–Kier alpha value is -1.18. The zero-order valence-corrected chi connectivity index (χ0v) is 11.6. The molecule has 1 atom stereocenters. The predicted octanol–water partition coefficient (Wildman–Crippen LogP) is 3.33. The Labute approximate surface area is 104 Å². The van der Waals surface area contributed by atoms with Gasteiger partial charge >= 0.3 is 0 Å². The van der Waals surface area contributed by atoms with E-state index in [-0.39, 0.29) is 17.5 Å². The average Bonchev–Trinajstić information content (AvgIpc) is 2.60. The van der Waals surface area contributed by atoms with Gasteiger partial charge in [-0.2, -0.15) is 0 Å². The maximum absolute atomic E-state index is 12.3. The highest BCUT2D eigenvalue weighted by atomic mass is 16.1. The molecule has 0 spiro atoms. The van der Waals surface area contributed by atoms with Crippen molar-refractivity contribution in [2.75, 3.05) is 0 Å². The molecule has 0 bridgehead atoms. The summed E-state index contributed by atoms with van der Waals surface area (Å²) in [6.45, 7) is 11.3. The van der Waals surface area contributed by atoms with E-state index in [4.69, 9.17) is 0 Å². The van der Waals surface area contributed by atoms with Crippen molar-refractivity contribution in [3.8, 4) is 0 Å². The number of carbonyl (C=O) groups is 2. The summed E-state index contributed by atoms with van der Waals surface area (Å²) in [6, 6.07) is 0. The van der Waals surface area contributed by atoms with Gasteiger partial charge in [0.25, 0.3) is 0 Å². The molecule has 0 aliphatic heterocycles. The van der Waals surface area contributed by atoms with E-state index in [9.17, 15) is 9.59 Å². The second kappa shape index (κ2) is 4.25. The van der Waals surface area contributed by atoms with Gasteiger partial charge in [-0.05, 0) is 0 Å². The second-order valence-corrected chi connectivity index (χ2v) is 6.68. The van der Waals surface area contributed by atoms with Crippen LogP contribution < -0.4 is 0 Å². The van der Waals surface area contributed by atoms with Crippen molar-refractivity contribution >= 4 is 11.6 Å². The molecule has 0 amide bonds. The van der Waals surface area contributed by atoms with E-state index in [1.807, 2.05) is 53.7 Å². The molecule has 94 valence electrons. The summed E-state index contributed by atoms with van der Waals surface area (Å²) in [6.07, 6.45) is 5.42. The second-order valence-electron chi connectivity index (χ2n) is 6.68. The Balaban J connectivity index is 2.99. The van der Waals surface area contributed by atoms with Crippen molar-refractivity contribution in [3.63, 3.8) is 0 Å². The number of ketones is 2. The van der Waals surface area contributed by atoms with Gasteiger partial charge in [0.05, 0.1) is 5.92 Å². The zero-order valence-electron chi connectivity index (χ0n) is 11.6. The number of rotatable bonds is 2. The molecule has 0 saturated carbocycles. The molecule has 2 nitrogen and oxygen atoms in total. The minimum atomic E-state index is -0.436. The van der Waals surface area contributed by atoms with Crippen molar-refractivity contribution in [2.24, 2.45) is 16.7 Å². The fraction of sp³-hybridized carbons (Fsp3) is 0.600. The molecule has 1 aliphatic rings. The third-order valence-corrected chi connectivity index (χ3v) is 2.88. The van der Waals surface area contributed by atoms with Crippen molar-refractivity contribution in [1.29, 1.82) is 0 Å². The molecule has 0 heterocycles. The molecule has 1 unspecified atom stereocenters. The first-order valence-corrected chi connectivity index (χ1v) is 6.02. The fourth-order valence-corrected chi connectivity index (χ4v) is 1.82. The van der Waals surface area contributed by atoms with Crippen molar-refractivity contribution < 1.29 is 9.59 Å². The molecule has 2 heteroatoms. The minimum Gasteiger partial charge on any atom is -0.298 e. The molecule has 0 N–H and O–H groups in total. The molecule has 0 fully saturated rings. The van der Waals surface area contributed by atoms with Gasteiger partial charge in [0, 0.05) is 16.4 Å². The summed E-state index contributed by atoms with van der Waals surface area (Å²) in [7, 11) is 0. The third-order valence-electron chi connectivity index (χ3n) is 2.88. The molecule has 0 aromatic heterocycles. The van der Waals surface area contributed by atoms with Gasteiger partial charge < -0.3 is 0 Å². The fourth-order valence-electron chi connectivity index (χ4n) is 1.82. The van der Waals surface area contributed by atoms with E-state index in [0.29, 0.717) is 5.57 Å². The Morgan fingerprint density at radius 2 is 1.53 bits per heavy atom. The molecule has 1 aliphatic carbocycles. The van der Waals surface area contributed by atoms with Crippen LogP contribution in [0.5, 0.6) is 0 Å². The lowest BCUT2D eigenvalue weighted by molar-refractivity contribution is -0.130. The van der Waals surface area contributed by atoms with Crippen LogP contribution >= 0.6 is 0 Å². The molecule has 0 aromatic rings. The highest BCUT2D eigenvalue weighted by molar-refractivity contribution is 6.07. The lowest BCUT2D eigenvalue weighted by Crippen LogP contribution is -2.33. The molecular weight excluding hydrogens is 212 g/mol. The largest absolute Gasteiger partial charge is 0.298 e. The van der Waals surface area contributed by atoms with E-state index in [1.54, 1.807) is 6.08 Å². The maximum Gasteiger partial charge on any atom is 0.165 e. The molecule has 0 radical (unpaired) electrons. The highest BCUT2D eigenvalue weighted by Crippen LogP contribution is 2.33. The van der Waals surface area contributed by atoms with Gasteiger partial charge in [-0.3, -0.25) is 9.59 Å². The minimum absolute atomic E-state index is 0.0603. The Morgan fingerprint density at radius 1 is 1.00 bits per heavy atom. The van der Waals surface area contributed by atoms with E-state index < -0.39 is 10.8 Å². The SMILES string of the molecule is CC(C)(C)C(=O)C1=CC=CC1C(=O)C(C)(C)C. The topological polar surface area (TPSA) is 34.1 Å². The summed E-state index contributed by atoms with van der Waals surface area (Å²) in [5.74, 6) is -0.193. The number of Topliss-reactive ketones (excluding diaryl/α,β-unsaturated/α-hetero) is 2. The molecule has 1 rings (SSSR count). The van der Waals surface area contributed by atoms with Crippen LogP contribution in [0.15, 0.2) is 23.8 Å². The smallest absolute Gasteiger partial charge is 0.165 e. The van der Waals surface area contributed by atoms with Crippen LogP contribution in [0.2, 0.25) is 0 Å². The van der Waals surface area contributed by atoms with E-state index in [2.05, 4.69) is 0 Å². The van der Waals surface area contributed by atoms with E-state index >= 15 is 0 Å². The van der Waals surface area contributed by atoms with Gasteiger partial charge in [0.1, 0.15) is 5.78 Å². The molecular formula is C15H22O2. The van der Waals surface area contributed by atoms with Gasteiger partial charge in [-0.25, -0.2) is 0 Å². The Morgan fingerprint density at radius 3 is 1.94 bits per heavy atom. The standard InChI is InChI=1S/C15H22O2/c1-14(2,3)12(16)10-8-7-9-11(10)13(17)15(4,5)6/h7-10H,1-6H3. The Kier molecular flexibility index (Phi) is 3.47. The molecule has 17 heavy (non-hydrogen) atoms. The van der Waals surface area contributed by atoms with Crippen LogP contribution in [0, 0.1) is 16.7 Å². The van der Waals surface area contributed by atoms with Gasteiger partial charge in [0.15, 0.2) is 5.78 Å². The third kappa shape index (κ3) is 2.93. The van der Waals surface area contributed by atoms with Gasteiger partial charge in [-0.1, -0.05) is 59.8 Å². The summed E-state index contributed by atoms with van der Waals surface area (Å²) < 4.78 is 0. The first-order chi connectivity index (χ1) is 7.55. The van der Waals surface area contributed by atoms with Gasteiger partial charge in [0.2, 0.25) is 0 Å².